The number of rotatable bonds is 3. The molecule has 0 aromatic heterocycles. The van der Waals surface area contributed by atoms with E-state index in [4.69, 9.17) is 15.0 Å². The summed E-state index contributed by atoms with van der Waals surface area (Å²) in [4.78, 5) is 5.72. The molecule has 3 atom stereocenters. The van der Waals surface area contributed by atoms with Gasteiger partial charge in [0, 0.05) is 5.56 Å². The molecule has 2 fully saturated rings. The number of benzene rings is 1. The van der Waals surface area contributed by atoms with Crippen LogP contribution in [0, 0.1) is 55.6 Å². The van der Waals surface area contributed by atoms with Crippen LogP contribution in [0.15, 0.2) is 35.5 Å². The maximum absolute atomic E-state index is 9.79. The molecule has 1 saturated carbocycles. The molecule has 0 amide bonds. The predicted molar refractivity (Wildman–Crippen MR) is 86.6 cm³/mol. The average molecular weight is 333 g/mol. The monoisotopic (exact) mass is 333 g/mol. The van der Waals surface area contributed by atoms with Crippen molar-refractivity contribution in [3.63, 3.8) is 0 Å². The summed E-state index contributed by atoms with van der Waals surface area (Å²) in [6.07, 6.45) is 0. The van der Waals surface area contributed by atoms with Gasteiger partial charge in [0.15, 0.2) is 10.8 Å². The van der Waals surface area contributed by atoms with E-state index >= 15 is 0 Å². The van der Waals surface area contributed by atoms with Crippen LogP contribution in [-0.4, -0.2) is 11.6 Å². The van der Waals surface area contributed by atoms with Crippen LogP contribution >= 0.6 is 0 Å². The molecule has 1 aromatic carbocycles. The van der Waals surface area contributed by atoms with Crippen LogP contribution in [0.5, 0.6) is 0 Å². The van der Waals surface area contributed by atoms with E-state index in [1.165, 1.54) is 0 Å². The maximum Gasteiger partial charge on any atom is 0.313 e. The molecule has 2 aliphatic rings. The molecule has 0 radical (unpaired) electrons. The standard InChI is InChI=1S/C18H15N5O2/c1-12(2)23-25-18(13-7-5-4-6-8-13)15(3)16(9-19,10-20)17(15,11-21)14(22)24-18/h4-8,22H,1-3H3/t15-,17+,18-/m0/s1. The minimum atomic E-state index is -1.77. The number of oxime groups is 1. The summed E-state index contributed by atoms with van der Waals surface area (Å²) in [5, 5.41) is 41.5. The first-order valence-corrected chi connectivity index (χ1v) is 7.60. The van der Waals surface area contributed by atoms with Gasteiger partial charge < -0.3 is 9.57 Å². The summed E-state index contributed by atoms with van der Waals surface area (Å²) < 4.78 is 5.73. The molecule has 1 aromatic rings. The summed E-state index contributed by atoms with van der Waals surface area (Å²) in [6.45, 7) is 5.00. The Balaban J connectivity index is 2.34. The van der Waals surface area contributed by atoms with Gasteiger partial charge in [-0.1, -0.05) is 35.5 Å². The number of nitrogens with zero attached hydrogens (tertiary/aromatic N) is 4. The Morgan fingerprint density at radius 1 is 1.12 bits per heavy atom. The zero-order valence-corrected chi connectivity index (χ0v) is 14.0. The number of hydrogen-bond acceptors (Lipinski definition) is 7. The first kappa shape index (κ1) is 16.5. The van der Waals surface area contributed by atoms with Crippen molar-refractivity contribution in [1.29, 1.82) is 21.2 Å². The molecule has 1 aliphatic heterocycles. The van der Waals surface area contributed by atoms with E-state index < -0.39 is 27.9 Å². The molecule has 0 unspecified atom stereocenters. The fourth-order valence-electron chi connectivity index (χ4n) is 3.92. The topological polar surface area (TPSA) is 126 Å². The second-order valence-corrected chi connectivity index (χ2v) is 6.50. The number of nitrogens with one attached hydrogen (secondary N) is 1. The molecule has 1 aliphatic carbocycles. The fraction of sp³-hybridized carbons (Fsp3) is 0.389. The first-order valence-electron chi connectivity index (χ1n) is 7.60. The van der Waals surface area contributed by atoms with Crippen molar-refractivity contribution in [2.24, 2.45) is 21.4 Å². The van der Waals surface area contributed by atoms with E-state index in [0.717, 1.165) is 0 Å². The Morgan fingerprint density at radius 3 is 2.16 bits per heavy atom. The quantitative estimate of drug-likeness (QED) is 0.672. The van der Waals surface area contributed by atoms with Gasteiger partial charge in [0.1, 0.15) is 5.41 Å². The summed E-state index contributed by atoms with van der Waals surface area (Å²) in [5.41, 5.74) is -3.82. The van der Waals surface area contributed by atoms with Crippen LogP contribution in [0.2, 0.25) is 0 Å². The van der Waals surface area contributed by atoms with Gasteiger partial charge in [-0.15, -0.1) is 0 Å². The lowest BCUT2D eigenvalue weighted by Crippen LogP contribution is -2.41. The Hall–Kier alpha value is -3.37. The third-order valence-corrected chi connectivity index (χ3v) is 5.26. The zero-order valence-electron chi connectivity index (χ0n) is 14.0. The van der Waals surface area contributed by atoms with Gasteiger partial charge >= 0.3 is 5.79 Å². The SMILES string of the molecule is CC(C)=NO[C@]1(c2ccccc2)OC(=N)[C@@]2(C#N)C(C#N)(C#N)[C@]12C. The number of fused-ring (bicyclic) bond motifs is 1. The van der Waals surface area contributed by atoms with Gasteiger partial charge in [-0.2, -0.15) is 15.8 Å². The summed E-state index contributed by atoms with van der Waals surface area (Å²) >= 11 is 0. The van der Waals surface area contributed by atoms with Crippen LogP contribution in [0.4, 0.5) is 0 Å². The van der Waals surface area contributed by atoms with Crippen LogP contribution in [0.1, 0.15) is 26.3 Å². The molecule has 124 valence electrons. The highest BCUT2D eigenvalue weighted by molar-refractivity contribution is 5.96. The lowest BCUT2D eigenvalue weighted by molar-refractivity contribution is -0.236. The largest absolute Gasteiger partial charge is 0.431 e. The molecular formula is C18H15N5O2. The first-order chi connectivity index (χ1) is 11.8. The normalized spacial score (nSPS) is 33.7. The predicted octanol–water partition coefficient (Wildman–Crippen LogP) is 2.82. The van der Waals surface area contributed by atoms with E-state index in [9.17, 15) is 15.8 Å². The minimum absolute atomic E-state index is 0.451. The number of ether oxygens (including phenoxy) is 1. The van der Waals surface area contributed by atoms with Gasteiger partial charge in [-0.3, -0.25) is 5.41 Å². The van der Waals surface area contributed by atoms with Crippen molar-refractivity contribution in [2.75, 3.05) is 0 Å². The molecule has 3 rings (SSSR count). The molecule has 1 saturated heterocycles. The molecule has 0 bridgehead atoms. The molecule has 1 N–H and O–H groups in total. The highest BCUT2D eigenvalue weighted by Crippen LogP contribution is 2.87. The van der Waals surface area contributed by atoms with Crippen LogP contribution < -0.4 is 0 Å². The fourth-order valence-corrected chi connectivity index (χ4v) is 3.92. The van der Waals surface area contributed by atoms with E-state index in [1.54, 1.807) is 51.1 Å². The highest BCUT2D eigenvalue weighted by atomic mass is 16.8. The summed E-state index contributed by atoms with van der Waals surface area (Å²) in [6, 6.07) is 14.6. The highest BCUT2D eigenvalue weighted by Gasteiger charge is 3.03. The van der Waals surface area contributed by atoms with E-state index in [1.807, 2.05) is 18.2 Å². The maximum atomic E-state index is 9.79. The minimum Gasteiger partial charge on any atom is -0.431 e. The molecule has 7 nitrogen and oxygen atoms in total. The third kappa shape index (κ3) is 1.44. The Kier molecular flexibility index (Phi) is 3.18. The number of nitriles is 3. The Bertz CT molecular complexity index is 902. The molecular weight excluding hydrogens is 318 g/mol. The lowest BCUT2D eigenvalue weighted by atomic mass is 9.83. The van der Waals surface area contributed by atoms with E-state index in [2.05, 4.69) is 5.16 Å². The third-order valence-electron chi connectivity index (χ3n) is 5.26. The van der Waals surface area contributed by atoms with Gasteiger partial charge in [-0.05, 0) is 20.8 Å². The van der Waals surface area contributed by atoms with Gasteiger partial charge in [0.25, 0.3) is 0 Å². The second kappa shape index (κ2) is 4.82. The second-order valence-electron chi connectivity index (χ2n) is 6.50. The molecule has 7 heteroatoms. The molecule has 0 spiro atoms. The lowest BCUT2D eigenvalue weighted by Gasteiger charge is -2.34. The van der Waals surface area contributed by atoms with Crippen molar-refractivity contribution in [2.45, 2.75) is 26.6 Å². The van der Waals surface area contributed by atoms with Crippen molar-refractivity contribution >= 4 is 11.6 Å². The Morgan fingerprint density at radius 2 is 1.72 bits per heavy atom. The van der Waals surface area contributed by atoms with Gasteiger partial charge in [0.2, 0.25) is 5.90 Å². The summed E-state index contributed by atoms with van der Waals surface area (Å²) in [5.74, 6) is -2.17. The van der Waals surface area contributed by atoms with Crippen LogP contribution in [0.25, 0.3) is 0 Å². The van der Waals surface area contributed by atoms with Crippen molar-refractivity contribution in [3.05, 3.63) is 35.9 Å². The van der Waals surface area contributed by atoms with Crippen LogP contribution in [-0.2, 0) is 15.4 Å². The summed E-state index contributed by atoms with van der Waals surface area (Å²) in [7, 11) is 0. The van der Waals surface area contributed by atoms with Crippen molar-refractivity contribution in [3.8, 4) is 18.2 Å². The van der Waals surface area contributed by atoms with Crippen molar-refractivity contribution in [1.82, 2.24) is 0 Å². The van der Waals surface area contributed by atoms with Crippen molar-refractivity contribution < 1.29 is 9.57 Å². The zero-order chi connectivity index (χ0) is 18.5. The molecule has 25 heavy (non-hydrogen) atoms. The molecule has 1 heterocycles. The van der Waals surface area contributed by atoms with Crippen LogP contribution in [0.3, 0.4) is 0 Å². The number of hydrogen-bond donors (Lipinski definition) is 1. The smallest absolute Gasteiger partial charge is 0.313 e. The van der Waals surface area contributed by atoms with Gasteiger partial charge in [-0.25, -0.2) is 0 Å². The van der Waals surface area contributed by atoms with E-state index in [-0.39, 0.29) is 0 Å². The average Bonchev–Trinajstić information content (AvgIpc) is 3.05. The van der Waals surface area contributed by atoms with E-state index in [0.29, 0.717) is 11.3 Å². The van der Waals surface area contributed by atoms with Gasteiger partial charge in [0.05, 0.1) is 23.9 Å². The Labute approximate surface area is 145 Å².